The van der Waals surface area contributed by atoms with E-state index in [1.807, 2.05) is 4.90 Å². The molecule has 0 N–H and O–H groups in total. The summed E-state index contributed by atoms with van der Waals surface area (Å²) in [7, 11) is 0. The zero-order valence-electron chi connectivity index (χ0n) is 14.9. The van der Waals surface area contributed by atoms with Crippen LogP contribution < -0.4 is 0 Å². The Bertz CT molecular complexity index is 549. The van der Waals surface area contributed by atoms with Gasteiger partial charge in [-0.2, -0.15) is 0 Å². The molecule has 0 aromatic heterocycles. The third kappa shape index (κ3) is 3.38. The van der Waals surface area contributed by atoms with E-state index in [0.717, 1.165) is 32.2 Å². The standard InChI is InChI=1S/C18H28N4O3/c23-16(15-4-3-9-22(15)14-5-6-14)20-10-12-21(13-11-20)18(25)17(24)19-7-1-2-8-19/h14-15H,1-13H2. The Morgan fingerprint density at radius 3 is 1.76 bits per heavy atom. The molecule has 7 nitrogen and oxygen atoms in total. The van der Waals surface area contributed by atoms with Gasteiger partial charge in [-0.05, 0) is 45.1 Å². The van der Waals surface area contributed by atoms with E-state index in [0.29, 0.717) is 45.3 Å². The van der Waals surface area contributed by atoms with Crippen molar-refractivity contribution in [3.8, 4) is 0 Å². The van der Waals surface area contributed by atoms with Gasteiger partial charge in [0.25, 0.3) is 0 Å². The van der Waals surface area contributed by atoms with Gasteiger partial charge < -0.3 is 14.7 Å². The molecular weight excluding hydrogens is 320 g/mol. The Morgan fingerprint density at radius 2 is 1.16 bits per heavy atom. The molecular formula is C18H28N4O3. The van der Waals surface area contributed by atoms with Crippen molar-refractivity contribution >= 4 is 17.7 Å². The van der Waals surface area contributed by atoms with Crippen LogP contribution in [0.25, 0.3) is 0 Å². The Balaban J connectivity index is 1.29. The van der Waals surface area contributed by atoms with Gasteiger partial charge in [0.05, 0.1) is 6.04 Å². The molecule has 3 saturated heterocycles. The number of piperazine rings is 1. The number of hydrogen-bond acceptors (Lipinski definition) is 4. The lowest BCUT2D eigenvalue weighted by Gasteiger charge is -2.37. The fraction of sp³-hybridized carbons (Fsp3) is 0.833. The molecule has 0 bridgehead atoms. The van der Waals surface area contributed by atoms with E-state index in [1.54, 1.807) is 9.80 Å². The Labute approximate surface area is 148 Å². The Kier molecular flexibility index (Phi) is 4.67. The van der Waals surface area contributed by atoms with Gasteiger partial charge in [-0.25, -0.2) is 0 Å². The monoisotopic (exact) mass is 348 g/mol. The minimum absolute atomic E-state index is 0.0426. The molecule has 1 saturated carbocycles. The van der Waals surface area contributed by atoms with Crippen LogP contribution in [0.5, 0.6) is 0 Å². The predicted octanol–water partition coefficient (Wildman–Crippen LogP) is -0.0936. The molecule has 1 aliphatic carbocycles. The summed E-state index contributed by atoms with van der Waals surface area (Å²) in [6.07, 6.45) is 6.49. The zero-order chi connectivity index (χ0) is 17.4. The van der Waals surface area contributed by atoms with E-state index in [4.69, 9.17) is 0 Å². The van der Waals surface area contributed by atoms with Crippen LogP contribution in [0.4, 0.5) is 0 Å². The normalized spacial score (nSPS) is 27.8. The van der Waals surface area contributed by atoms with Crippen LogP contribution in [0.15, 0.2) is 0 Å². The van der Waals surface area contributed by atoms with E-state index < -0.39 is 5.91 Å². The molecule has 0 aromatic rings. The second-order valence-corrected chi connectivity index (χ2v) is 7.74. The van der Waals surface area contributed by atoms with Crippen molar-refractivity contribution in [1.29, 1.82) is 0 Å². The van der Waals surface area contributed by atoms with Gasteiger partial charge in [-0.1, -0.05) is 0 Å². The largest absolute Gasteiger partial charge is 0.338 e. The Hall–Kier alpha value is -1.63. The third-order valence-electron chi connectivity index (χ3n) is 6.05. The molecule has 4 fully saturated rings. The van der Waals surface area contributed by atoms with E-state index in [-0.39, 0.29) is 17.9 Å². The Morgan fingerprint density at radius 1 is 0.600 bits per heavy atom. The maximum Gasteiger partial charge on any atom is 0.312 e. The molecule has 3 amide bonds. The first-order chi connectivity index (χ1) is 12.1. The number of likely N-dealkylation sites (tertiary alicyclic amines) is 2. The topological polar surface area (TPSA) is 64.2 Å². The number of nitrogens with zero attached hydrogens (tertiary/aromatic N) is 4. The molecule has 7 heteroatoms. The van der Waals surface area contributed by atoms with Crippen molar-refractivity contribution in [1.82, 2.24) is 19.6 Å². The summed E-state index contributed by atoms with van der Waals surface area (Å²) in [6, 6.07) is 0.665. The van der Waals surface area contributed by atoms with Crippen LogP contribution in [0, 0.1) is 0 Å². The van der Waals surface area contributed by atoms with Gasteiger partial charge in [-0.3, -0.25) is 19.3 Å². The molecule has 1 unspecified atom stereocenters. The number of carbonyl (C=O) groups excluding carboxylic acids is 3. The molecule has 0 radical (unpaired) electrons. The molecule has 0 aromatic carbocycles. The summed E-state index contributed by atoms with van der Waals surface area (Å²) in [5, 5.41) is 0. The summed E-state index contributed by atoms with van der Waals surface area (Å²) < 4.78 is 0. The van der Waals surface area contributed by atoms with Gasteiger partial charge in [0, 0.05) is 45.3 Å². The van der Waals surface area contributed by atoms with Gasteiger partial charge in [0.2, 0.25) is 5.91 Å². The maximum absolute atomic E-state index is 12.9. The van der Waals surface area contributed by atoms with Gasteiger partial charge >= 0.3 is 11.8 Å². The molecule has 138 valence electrons. The van der Waals surface area contributed by atoms with Crippen LogP contribution in [0.2, 0.25) is 0 Å². The van der Waals surface area contributed by atoms with Crippen molar-refractivity contribution < 1.29 is 14.4 Å². The van der Waals surface area contributed by atoms with Crippen LogP contribution in [-0.2, 0) is 14.4 Å². The first-order valence-electron chi connectivity index (χ1n) is 9.78. The second-order valence-electron chi connectivity index (χ2n) is 7.74. The highest BCUT2D eigenvalue weighted by molar-refractivity contribution is 6.35. The third-order valence-corrected chi connectivity index (χ3v) is 6.05. The number of carbonyl (C=O) groups is 3. The van der Waals surface area contributed by atoms with Crippen molar-refractivity contribution in [2.75, 3.05) is 45.8 Å². The fourth-order valence-corrected chi connectivity index (χ4v) is 4.43. The number of amides is 3. The fourth-order valence-electron chi connectivity index (χ4n) is 4.43. The highest BCUT2D eigenvalue weighted by Crippen LogP contribution is 2.34. The van der Waals surface area contributed by atoms with E-state index in [9.17, 15) is 14.4 Å². The van der Waals surface area contributed by atoms with Crippen molar-refractivity contribution in [3.05, 3.63) is 0 Å². The first kappa shape index (κ1) is 16.8. The summed E-state index contributed by atoms with van der Waals surface area (Å²) in [4.78, 5) is 45.1. The van der Waals surface area contributed by atoms with E-state index >= 15 is 0 Å². The zero-order valence-corrected chi connectivity index (χ0v) is 14.9. The molecule has 4 rings (SSSR count). The molecule has 25 heavy (non-hydrogen) atoms. The lowest BCUT2D eigenvalue weighted by Crippen LogP contribution is -2.56. The van der Waals surface area contributed by atoms with Crippen LogP contribution in [0.1, 0.15) is 38.5 Å². The summed E-state index contributed by atoms with van der Waals surface area (Å²) in [5.74, 6) is -0.537. The molecule has 3 aliphatic heterocycles. The van der Waals surface area contributed by atoms with Crippen molar-refractivity contribution in [2.24, 2.45) is 0 Å². The second kappa shape index (κ2) is 6.94. The highest BCUT2D eigenvalue weighted by Gasteiger charge is 2.42. The predicted molar refractivity (Wildman–Crippen MR) is 91.7 cm³/mol. The average molecular weight is 348 g/mol. The van der Waals surface area contributed by atoms with Crippen molar-refractivity contribution in [3.63, 3.8) is 0 Å². The maximum atomic E-state index is 12.9. The van der Waals surface area contributed by atoms with Crippen LogP contribution in [0.3, 0.4) is 0 Å². The summed E-state index contributed by atoms with van der Waals surface area (Å²) >= 11 is 0. The molecule has 1 atom stereocenters. The quantitative estimate of drug-likeness (QED) is 0.654. The van der Waals surface area contributed by atoms with Crippen molar-refractivity contribution in [2.45, 2.75) is 50.6 Å². The van der Waals surface area contributed by atoms with Gasteiger partial charge in [0.1, 0.15) is 0 Å². The summed E-state index contributed by atoms with van der Waals surface area (Å²) in [6.45, 7) is 4.48. The lowest BCUT2D eigenvalue weighted by atomic mass is 10.1. The average Bonchev–Trinajstić information content (AvgIpc) is 3.14. The highest BCUT2D eigenvalue weighted by atomic mass is 16.2. The van der Waals surface area contributed by atoms with Crippen LogP contribution in [-0.4, -0.2) is 95.2 Å². The molecule has 3 heterocycles. The minimum Gasteiger partial charge on any atom is -0.338 e. The van der Waals surface area contributed by atoms with Crippen LogP contribution >= 0.6 is 0 Å². The summed E-state index contributed by atoms with van der Waals surface area (Å²) in [5.41, 5.74) is 0. The lowest BCUT2D eigenvalue weighted by molar-refractivity contribution is -0.153. The number of rotatable bonds is 2. The van der Waals surface area contributed by atoms with Gasteiger partial charge in [0.15, 0.2) is 0 Å². The first-order valence-corrected chi connectivity index (χ1v) is 9.78. The molecule has 4 aliphatic rings. The minimum atomic E-state index is -0.394. The smallest absolute Gasteiger partial charge is 0.312 e. The number of hydrogen-bond donors (Lipinski definition) is 0. The van der Waals surface area contributed by atoms with E-state index in [2.05, 4.69) is 4.90 Å². The van der Waals surface area contributed by atoms with E-state index in [1.165, 1.54) is 12.8 Å². The SMILES string of the molecule is O=C(C(=O)N1CCN(C(=O)C2CCCN2C2CC2)CC1)N1CCCC1. The van der Waals surface area contributed by atoms with Gasteiger partial charge in [-0.15, -0.1) is 0 Å². The molecule has 0 spiro atoms.